The number of hydrogen-bond acceptors (Lipinski definition) is 1. The van der Waals surface area contributed by atoms with Gasteiger partial charge in [-0.1, -0.05) is 0 Å². The summed E-state index contributed by atoms with van der Waals surface area (Å²) in [5, 5.41) is 0. The first kappa shape index (κ1) is 6.50. The van der Waals surface area contributed by atoms with E-state index in [9.17, 15) is 0 Å². The molecular formula is C3H8BBrN. The molecule has 1 nitrogen and oxygen atoms in total. The molecule has 0 fully saturated rings. The molecule has 1 radical (unpaired) electrons. The van der Waals surface area contributed by atoms with Gasteiger partial charge in [-0.2, -0.15) is 15.8 Å². The number of hydrogen-bond donors (Lipinski definition) is 0. The molecule has 0 saturated carbocycles. The van der Waals surface area contributed by atoms with E-state index in [4.69, 9.17) is 0 Å². The van der Waals surface area contributed by atoms with Gasteiger partial charge >= 0.3 is 0 Å². The lowest BCUT2D eigenvalue weighted by Crippen LogP contribution is -2.15. The third kappa shape index (κ3) is 4.50. The molecule has 0 bridgehead atoms. The quantitative estimate of drug-likeness (QED) is 0.517. The van der Waals surface area contributed by atoms with Gasteiger partial charge < -0.3 is 4.90 Å². The standard InChI is InChI=1S/C3H8BBrN/c1-6(2)3-4-5/h3H2,1-2H3. The van der Waals surface area contributed by atoms with E-state index in [-0.39, 0.29) is 0 Å². The van der Waals surface area contributed by atoms with Crippen molar-refractivity contribution in [1.29, 1.82) is 0 Å². The average Bonchev–Trinajstić information content (AvgIpc) is 1.35. The molecule has 0 aliphatic heterocycles. The number of nitrogens with zero attached hydrogens (tertiary/aromatic N) is 1. The second-order valence-corrected chi connectivity index (χ2v) is 2.06. The van der Waals surface area contributed by atoms with E-state index in [1.165, 1.54) is 0 Å². The fraction of sp³-hybridized carbons (Fsp3) is 1.00. The third-order valence-electron chi connectivity index (χ3n) is 0.434. The minimum absolute atomic E-state index is 1.00. The van der Waals surface area contributed by atoms with Crippen molar-refractivity contribution in [3.63, 3.8) is 0 Å². The highest BCUT2D eigenvalue weighted by Crippen LogP contribution is 1.75. The van der Waals surface area contributed by atoms with E-state index < -0.39 is 0 Å². The predicted molar refractivity (Wildman–Crippen MR) is 33.2 cm³/mol. The fourth-order valence-electron chi connectivity index (χ4n) is 0.138. The van der Waals surface area contributed by atoms with Crippen LogP contribution in [0.4, 0.5) is 0 Å². The van der Waals surface area contributed by atoms with Gasteiger partial charge in [-0.15, -0.1) is 0 Å². The summed E-state index contributed by atoms with van der Waals surface area (Å²) in [6.45, 7) is 0. The monoisotopic (exact) mass is 148 g/mol. The summed E-state index contributed by atoms with van der Waals surface area (Å²) in [7, 11) is 4.05. The maximum Gasteiger partial charge on any atom is 0.221 e. The Morgan fingerprint density at radius 2 is 2.17 bits per heavy atom. The molecule has 0 unspecified atom stereocenters. The molecule has 0 aliphatic rings. The molecule has 0 aromatic rings. The maximum absolute atomic E-state index is 3.18. The molecule has 0 amide bonds. The molecule has 0 aromatic heterocycles. The van der Waals surface area contributed by atoms with Crippen molar-refractivity contribution in [2.24, 2.45) is 0 Å². The van der Waals surface area contributed by atoms with Crippen LogP contribution in [0.5, 0.6) is 0 Å². The molecular weight excluding hydrogens is 141 g/mol. The SMILES string of the molecule is CN(C)C[B]Br. The smallest absolute Gasteiger partial charge is 0.221 e. The first-order valence-corrected chi connectivity index (χ1v) is 2.75. The topological polar surface area (TPSA) is 3.24 Å². The minimum atomic E-state index is 1.00. The lowest BCUT2D eigenvalue weighted by molar-refractivity contribution is 0.480. The Labute approximate surface area is 47.9 Å². The summed E-state index contributed by atoms with van der Waals surface area (Å²) in [6.07, 6.45) is 2.94. The van der Waals surface area contributed by atoms with Crippen LogP contribution >= 0.6 is 15.8 Å². The van der Waals surface area contributed by atoms with Crippen LogP contribution in [0, 0.1) is 0 Å². The lowest BCUT2D eigenvalue weighted by atomic mass is 10.1. The van der Waals surface area contributed by atoms with Gasteiger partial charge in [0.2, 0.25) is 6.10 Å². The van der Waals surface area contributed by atoms with E-state index in [1.54, 1.807) is 0 Å². The molecule has 0 atom stereocenters. The summed E-state index contributed by atoms with van der Waals surface area (Å²) in [4.78, 5) is 2.08. The summed E-state index contributed by atoms with van der Waals surface area (Å²) < 4.78 is 0. The van der Waals surface area contributed by atoms with E-state index in [1.807, 2.05) is 20.2 Å². The Morgan fingerprint density at radius 1 is 1.67 bits per heavy atom. The third-order valence-corrected chi connectivity index (χ3v) is 0.724. The zero-order valence-corrected chi connectivity index (χ0v) is 5.70. The van der Waals surface area contributed by atoms with Crippen LogP contribution in [0.2, 0.25) is 0 Å². The zero-order valence-electron chi connectivity index (χ0n) is 4.11. The summed E-state index contributed by atoms with van der Waals surface area (Å²) >= 11 is 3.18. The molecule has 0 saturated heterocycles. The van der Waals surface area contributed by atoms with Gasteiger partial charge in [0.1, 0.15) is 0 Å². The second kappa shape index (κ2) is 3.69. The molecule has 0 spiro atoms. The average molecular weight is 149 g/mol. The van der Waals surface area contributed by atoms with E-state index in [0.29, 0.717) is 0 Å². The van der Waals surface area contributed by atoms with E-state index in [2.05, 4.69) is 20.7 Å². The van der Waals surface area contributed by atoms with Gasteiger partial charge in [0.05, 0.1) is 0 Å². The maximum atomic E-state index is 3.18. The Kier molecular flexibility index (Phi) is 4.00. The predicted octanol–water partition coefficient (Wildman–Crippen LogP) is 0.520. The molecule has 0 aliphatic carbocycles. The van der Waals surface area contributed by atoms with E-state index in [0.717, 1.165) is 6.44 Å². The molecule has 3 heteroatoms. The lowest BCUT2D eigenvalue weighted by Gasteiger charge is -2.02. The zero-order chi connectivity index (χ0) is 4.99. The van der Waals surface area contributed by atoms with Crippen LogP contribution in [0.15, 0.2) is 0 Å². The van der Waals surface area contributed by atoms with Gasteiger partial charge in [-0.05, 0) is 20.5 Å². The summed E-state index contributed by atoms with van der Waals surface area (Å²) in [5.74, 6) is 0. The van der Waals surface area contributed by atoms with Crippen molar-refractivity contribution in [2.75, 3.05) is 20.5 Å². The highest BCUT2D eigenvalue weighted by Gasteiger charge is 1.83. The highest BCUT2D eigenvalue weighted by molar-refractivity contribution is 9.23. The van der Waals surface area contributed by atoms with Crippen LogP contribution in [0.1, 0.15) is 0 Å². The van der Waals surface area contributed by atoms with Crippen molar-refractivity contribution in [3.05, 3.63) is 0 Å². The van der Waals surface area contributed by atoms with Crippen molar-refractivity contribution in [1.82, 2.24) is 4.90 Å². The number of halogens is 1. The molecule has 0 N–H and O–H groups in total. The van der Waals surface area contributed by atoms with E-state index >= 15 is 0 Å². The van der Waals surface area contributed by atoms with Crippen molar-refractivity contribution < 1.29 is 0 Å². The number of rotatable bonds is 2. The van der Waals surface area contributed by atoms with Crippen LogP contribution in [-0.2, 0) is 0 Å². The molecule has 0 heterocycles. The van der Waals surface area contributed by atoms with Crippen LogP contribution in [0.3, 0.4) is 0 Å². The first-order valence-electron chi connectivity index (χ1n) is 1.84. The highest BCUT2D eigenvalue weighted by atomic mass is 79.9. The second-order valence-electron chi connectivity index (χ2n) is 1.42. The van der Waals surface area contributed by atoms with Crippen molar-refractivity contribution in [2.45, 2.75) is 0 Å². The van der Waals surface area contributed by atoms with Crippen molar-refractivity contribution >= 4 is 21.9 Å². The molecule has 35 valence electrons. The van der Waals surface area contributed by atoms with Crippen LogP contribution in [-0.4, -0.2) is 31.5 Å². The van der Waals surface area contributed by atoms with Gasteiger partial charge in [-0.25, -0.2) is 0 Å². The Morgan fingerprint density at radius 3 is 2.17 bits per heavy atom. The molecule has 0 rings (SSSR count). The normalized spacial score (nSPS) is 9.33. The molecule has 0 aromatic carbocycles. The van der Waals surface area contributed by atoms with Gasteiger partial charge in [-0.3, -0.25) is 0 Å². The summed E-state index contributed by atoms with van der Waals surface area (Å²) in [6, 6.07) is 0. The van der Waals surface area contributed by atoms with Crippen LogP contribution in [0.25, 0.3) is 0 Å². The summed E-state index contributed by atoms with van der Waals surface area (Å²) in [5.41, 5.74) is 0. The van der Waals surface area contributed by atoms with Gasteiger partial charge in [0.15, 0.2) is 0 Å². The fourth-order valence-corrected chi connectivity index (χ4v) is 0.717. The largest absolute Gasteiger partial charge is 0.316 e. The van der Waals surface area contributed by atoms with Gasteiger partial charge in [0, 0.05) is 0 Å². The van der Waals surface area contributed by atoms with Crippen LogP contribution < -0.4 is 0 Å². The Bertz CT molecular complexity index is 32.0. The first-order chi connectivity index (χ1) is 2.77. The Balaban J connectivity index is 2.63. The molecule has 6 heavy (non-hydrogen) atoms. The van der Waals surface area contributed by atoms with Crippen molar-refractivity contribution in [3.8, 4) is 0 Å². The minimum Gasteiger partial charge on any atom is -0.316 e. The Hall–Kier alpha value is 0.505. The van der Waals surface area contributed by atoms with Gasteiger partial charge in [0.25, 0.3) is 0 Å².